The van der Waals surface area contributed by atoms with Crippen molar-refractivity contribution in [3.8, 4) is 0 Å². The highest BCUT2D eigenvalue weighted by atomic mass is 16.6. The van der Waals surface area contributed by atoms with E-state index in [4.69, 9.17) is 14.2 Å². The number of hydrogen-bond acceptors (Lipinski definition) is 6. The number of unbranched alkanes of at least 4 members (excludes halogenated alkanes) is 25. The zero-order valence-corrected chi connectivity index (χ0v) is 43.9. The smallest absolute Gasteiger partial charge is 0.306 e. The van der Waals surface area contributed by atoms with E-state index in [9.17, 15) is 14.4 Å². The molecule has 6 heteroatoms. The first-order chi connectivity index (χ1) is 33.0. The number of ether oxygens (including phenoxy) is 3. The summed E-state index contributed by atoms with van der Waals surface area (Å²) in [6.07, 6.45) is 71.4. The second-order valence-electron chi connectivity index (χ2n) is 18.5. The Balaban J connectivity index is 4.51. The highest BCUT2D eigenvalue weighted by Crippen LogP contribution is 2.13. The number of allylic oxidation sites excluding steroid dienone is 14. The fraction of sp³-hybridized carbons (Fsp3) is 0.721. The molecule has 0 fully saturated rings. The van der Waals surface area contributed by atoms with Gasteiger partial charge in [-0.15, -0.1) is 0 Å². The first-order valence-electron chi connectivity index (χ1n) is 28.1. The largest absolute Gasteiger partial charge is 0.462 e. The standard InChI is InChI=1S/C61H104O6/c1-4-7-10-13-16-19-22-25-28-30-33-36-39-42-45-48-51-54-60(63)66-57-58(56-65-59(62)53-50-47-44-41-38-35-32-27-24-21-18-15-12-9-6-3)67-61(64)55-52-49-46-43-40-37-34-31-29-26-23-20-17-14-11-8-5-2/h16,19,21,24-26,28-29,33-34,36-37,43,46,58H,4-15,17-18,20,22-23,27,30-32,35,38-42,44-45,47-57H2,1-3H3/b19-16-,24-21-,28-25-,29-26-,36-33-,37-34-,46-43-/t58-/m0/s1. The topological polar surface area (TPSA) is 78.9 Å². The number of esters is 3. The van der Waals surface area contributed by atoms with Crippen molar-refractivity contribution in [3.63, 3.8) is 0 Å². The Bertz CT molecular complexity index is 1300. The minimum absolute atomic E-state index is 0.106. The van der Waals surface area contributed by atoms with Crippen molar-refractivity contribution in [1.82, 2.24) is 0 Å². The molecule has 0 aromatic carbocycles. The van der Waals surface area contributed by atoms with Gasteiger partial charge in [-0.25, -0.2) is 0 Å². The molecule has 0 aliphatic rings. The summed E-state index contributed by atoms with van der Waals surface area (Å²) < 4.78 is 16.8. The van der Waals surface area contributed by atoms with E-state index in [1.54, 1.807) is 0 Å². The average Bonchev–Trinajstić information content (AvgIpc) is 3.33. The molecular formula is C61H104O6. The van der Waals surface area contributed by atoms with Gasteiger partial charge in [-0.2, -0.15) is 0 Å². The fourth-order valence-corrected chi connectivity index (χ4v) is 7.58. The van der Waals surface area contributed by atoms with Crippen molar-refractivity contribution < 1.29 is 28.6 Å². The minimum Gasteiger partial charge on any atom is -0.462 e. The van der Waals surface area contributed by atoms with Crippen LogP contribution >= 0.6 is 0 Å². The zero-order chi connectivity index (χ0) is 48.6. The third kappa shape index (κ3) is 53.4. The van der Waals surface area contributed by atoms with E-state index in [1.807, 2.05) is 0 Å². The van der Waals surface area contributed by atoms with E-state index in [0.717, 1.165) is 83.5 Å². The lowest BCUT2D eigenvalue weighted by Crippen LogP contribution is -2.30. The third-order valence-corrected chi connectivity index (χ3v) is 11.8. The maximum atomic E-state index is 12.8. The Morgan fingerprint density at radius 3 is 0.940 bits per heavy atom. The molecule has 0 bridgehead atoms. The molecule has 0 saturated carbocycles. The van der Waals surface area contributed by atoms with Crippen LogP contribution in [0.1, 0.15) is 265 Å². The highest BCUT2D eigenvalue weighted by molar-refractivity contribution is 5.71. The van der Waals surface area contributed by atoms with E-state index in [-0.39, 0.29) is 37.5 Å². The molecule has 0 heterocycles. The van der Waals surface area contributed by atoms with Crippen molar-refractivity contribution in [1.29, 1.82) is 0 Å². The number of carbonyl (C=O) groups excluding carboxylic acids is 3. The summed E-state index contributed by atoms with van der Waals surface area (Å²) in [6, 6.07) is 0. The summed E-state index contributed by atoms with van der Waals surface area (Å²) in [5, 5.41) is 0. The quantitative estimate of drug-likeness (QED) is 0.0262. The summed E-state index contributed by atoms with van der Waals surface area (Å²) in [7, 11) is 0. The van der Waals surface area contributed by atoms with Crippen LogP contribution in [0.3, 0.4) is 0 Å². The van der Waals surface area contributed by atoms with Crippen LogP contribution in [-0.4, -0.2) is 37.2 Å². The Kier molecular flexibility index (Phi) is 52.4. The molecule has 0 aliphatic heterocycles. The van der Waals surface area contributed by atoms with E-state index in [0.29, 0.717) is 19.3 Å². The monoisotopic (exact) mass is 933 g/mol. The molecule has 0 aliphatic carbocycles. The van der Waals surface area contributed by atoms with Crippen LogP contribution in [-0.2, 0) is 28.6 Å². The van der Waals surface area contributed by atoms with Gasteiger partial charge in [-0.05, 0) is 116 Å². The predicted octanol–water partition coefficient (Wildman–Crippen LogP) is 18.8. The van der Waals surface area contributed by atoms with Gasteiger partial charge in [-0.3, -0.25) is 14.4 Å². The van der Waals surface area contributed by atoms with Crippen LogP contribution in [0.25, 0.3) is 0 Å². The first kappa shape index (κ1) is 63.6. The predicted molar refractivity (Wildman–Crippen MR) is 288 cm³/mol. The molecule has 6 nitrogen and oxygen atoms in total. The Morgan fingerprint density at radius 1 is 0.299 bits per heavy atom. The van der Waals surface area contributed by atoms with Crippen molar-refractivity contribution >= 4 is 17.9 Å². The summed E-state index contributed by atoms with van der Waals surface area (Å²) in [5.74, 6) is -0.982. The maximum Gasteiger partial charge on any atom is 0.306 e. The van der Waals surface area contributed by atoms with Gasteiger partial charge in [0.15, 0.2) is 6.10 Å². The third-order valence-electron chi connectivity index (χ3n) is 11.8. The van der Waals surface area contributed by atoms with E-state index < -0.39 is 6.10 Å². The fourth-order valence-electron chi connectivity index (χ4n) is 7.58. The Morgan fingerprint density at radius 2 is 0.552 bits per heavy atom. The molecule has 0 amide bonds. The molecule has 0 N–H and O–H groups in total. The Hall–Kier alpha value is -3.41. The van der Waals surface area contributed by atoms with Gasteiger partial charge in [-0.1, -0.05) is 215 Å². The average molecular weight is 933 g/mol. The molecule has 0 unspecified atom stereocenters. The van der Waals surface area contributed by atoms with Crippen molar-refractivity contribution in [2.45, 2.75) is 271 Å². The second-order valence-corrected chi connectivity index (χ2v) is 18.5. The lowest BCUT2D eigenvalue weighted by Gasteiger charge is -2.18. The molecule has 384 valence electrons. The molecule has 0 aromatic heterocycles. The maximum absolute atomic E-state index is 12.8. The van der Waals surface area contributed by atoms with Gasteiger partial charge in [0.2, 0.25) is 0 Å². The van der Waals surface area contributed by atoms with Crippen LogP contribution in [0.2, 0.25) is 0 Å². The normalized spacial score (nSPS) is 12.7. The second kappa shape index (κ2) is 55.2. The van der Waals surface area contributed by atoms with E-state index >= 15 is 0 Å². The van der Waals surface area contributed by atoms with Crippen molar-refractivity contribution in [3.05, 3.63) is 85.1 Å². The van der Waals surface area contributed by atoms with Crippen LogP contribution in [0, 0.1) is 0 Å². The van der Waals surface area contributed by atoms with Crippen LogP contribution in [0.4, 0.5) is 0 Å². The molecule has 0 rings (SSSR count). The summed E-state index contributed by atoms with van der Waals surface area (Å²) in [5.41, 5.74) is 0. The minimum atomic E-state index is -0.814. The first-order valence-corrected chi connectivity index (χ1v) is 28.1. The van der Waals surface area contributed by atoms with E-state index in [1.165, 1.54) is 135 Å². The Labute approximate surface area is 414 Å². The van der Waals surface area contributed by atoms with Crippen molar-refractivity contribution in [2.24, 2.45) is 0 Å². The molecule has 0 radical (unpaired) electrons. The molecule has 0 spiro atoms. The molecule has 1 atom stereocenters. The van der Waals surface area contributed by atoms with Gasteiger partial charge < -0.3 is 14.2 Å². The van der Waals surface area contributed by atoms with Crippen LogP contribution in [0.15, 0.2) is 85.1 Å². The van der Waals surface area contributed by atoms with Crippen LogP contribution < -0.4 is 0 Å². The van der Waals surface area contributed by atoms with Gasteiger partial charge in [0.1, 0.15) is 13.2 Å². The number of hydrogen-bond donors (Lipinski definition) is 0. The summed E-state index contributed by atoms with van der Waals surface area (Å²) in [4.78, 5) is 38.1. The summed E-state index contributed by atoms with van der Waals surface area (Å²) >= 11 is 0. The summed E-state index contributed by atoms with van der Waals surface area (Å²) in [6.45, 7) is 6.53. The SMILES string of the molecule is CCCCC/C=C\C/C=C\C/C=C\CCCCCCC(=O)OC[C@H](COC(=O)CCCCCCCCC/C=C\CCCCCC)OC(=O)CCC/C=C\C/C=C\C/C=C\CCCCCCCC. The lowest BCUT2D eigenvalue weighted by molar-refractivity contribution is -0.167. The molecule has 0 saturated heterocycles. The molecule has 0 aromatic rings. The van der Waals surface area contributed by atoms with Gasteiger partial charge in [0, 0.05) is 19.3 Å². The highest BCUT2D eigenvalue weighted by Gasteiger charge is 2.19. The molecular weight excluding hydrogens is 829 g/mol. The molecule has 67 heavy (non-hydrogen) atoms. The van der Waals surface area contributed by atoms with Gasteiger partial charge >= 0.3 is 17.9 Å². The lowest BCUT2D eigenvalue weighted by atomic mass is 10.1. The van der Waals surface area contributed by atoms with Gasteiger partial charge in [0.25, 0.3) is 0 Å². The van der Waals surface area contributed by atoms with E-state index in [2.05, 4.69) is 106 Å². The van der Waals surface area contributed by atoms with Gasteiger partial charge in [0.05, 0.1) is 0 Å². The number of rotatable bonds is 50. The van der Waals surface area contributed by atoms with Crippen molar-refractivity contribution in [2.75, 3.05) is 13.2 Å². The van der Waals surface area contributed by atoms with Crippen LogP contribution in [0.5, 0.6) is 0 Å². The zero-order valence-electron chi connectivity index (χ0n) is 43.9. The number of carbonyl (C=O) groups is 3.